The van der Waals surface area contributed by atoms with Crippen LogP contribution in [0.5, 0.6) is 0 Å². The molecule has 0 aliphatic heterocycles. The van der Waals surface area contributed by atoms with Crippen LogP contribution in [-0.2, 0) is 4.79 Å². The molecule has 1 aliphatic rings. The van der Waals surface area contributed by atoms with Gasteiger partial charge in [0, 0.05) is 5.69 Å². The molecule has 3 heteroatoms. The molecule has 1 fully saturated rings. The Balaban J connectivity index is 2.23. The lowest BCUT2D eigenvalue weighted by molar-refractivity contribution is -0.143. The number of rotatable bonds is 2. The molecule has 3 N–H and O–H groups in total. The minimum Gasteiger partial charge on any atom is -0.481 e. The summed E-state index contributed by atoms with van der Waals surface area (Å²) in [6.07, 6.45) is 3.92. The summed E-state index contributed by atoms with van der Waals surface area (Å²) in [4.78, 5) is 11.2. The van der Waals surface area contributed by atoms with E-state index in [1.165, 1.54) is 0 Å². The number of benzene rings is 1. The molecule has 0 heterocycles. The molecule has 0 amide bonds. The second-order valence-corrected chi connectivity index (χ2v) is 4.50. The number of nitrogens with two attached hydrogens (primary N) is 1. The van der Waals surface area contributed by atoms with Crippen molar-refractivity contribution in [3.63, 3.8) is 0 Å². The standard InChI is InChI=1S/C13H17NO2/c14-10-7-5-9(6-8-10)11-3-1-2-4-12(11)13(15)16/h5-8,11-12H,1-4,14H2,(H,15,16). The maximum Gasteiger partial charge on any atom is 0.307 e. The molecule has 1 aromatic rings. The molecular formula is C13H17NO2. The van der Waals surface area contributed by atoms with Gasteiger partial charge in [0.2, 0.25) is 0 Å². The van der Waals surface area contributed by atoms with Crippen LogP contribution in [0.3, 0.4) is 0 Å². The van der Waals surface area contributed by atoms with Crippen molar-refractivity contribution in [3.8, 4) is 0 Å². The summed E-state index contributed by atoms with van der Waals surface area (Å²) in [5.41, 5.74) is 7.47. The smallest absolute Gasteiger partial charge is 0.307 e. The molecule has 86 valence electrons. The Morgan fingerprint density at radius 2 is 1.81 bits per heavy atom. The summed E-state index contributed by atoms with van der Waals surface area (Å²) in [5.74, 6) is -0.731. The monoisotopic (exact) mass is 219 g/mol. The van der Waals surface area contributed by atoms with Gasteiger partial charge in [0.15, 0.2) is 0 Å². The molecule has 0 spiro atoms. The van der Waals surface area contributed by atoms with Gasteiger partial charge in [-0.1, -0.05) is 25.0 Å². The van der Waals surface area contributed by atoms with E-state index in [2.05, 4.69) is 0 Å². The van der Waals surface area contributed by atoms with Crippen LogP contribution in [0.1, 0.15) is 37.2 Å². The zero-order valence-electron chi connectivity index (χ0n) is 9.23. The summed E-state index contributed by atoms with van der Waals surface area (Å²) in [6, 6.07) is 7.62. The third-order valence-electron chi connectivity index (χ3n) is 3.45. The van der Waals surface area contributed by atoms with E-state index in [0.29, 0.717) is 0 Å². The molecule has 1 aromatic carbocycles. The predicted molar refractivity (Wildman–Crippen MR) is 63.2 cm³/mol. The molecular weight excluding hydrogens is 202 g/mol. The largest absolute Gasteiger partial charge is 0.481 e. The fourth-order valence-electron chi connectivity index (χ4n) is 2.57. The third kappa shape index (κ3) is 2.18. The number of carbonyl (C=O) groups is 1. The number of carboxylic acids is 1. The topological polar surface area (TPSA) is 63.3 Å². The third-order valence-corrected chi connectivity index (χ3v) is 3.45. The van der Waals surface area contributed by atoms with Gasteiger partial charge in [-0.3, -0.25) is 4.79 Å². The first kappa shape index (κ1) is 11.0. The molecule has 2 unspecified atom stereocenters. The Hall–Kier alpha value is -1.51. The van der Waals surface area contributed by atoms with Crippen molar-refractivity contribution in [2.75, 3.05) is 5.73 Å². The molecule has 0 saturated heterocycles. The summed E-state index contributed by atoms with van der Waals surface area (Å²) in [5, 5.41) is 9.20. The highest BCUT2D eigenvalue weighted by Gasteiger charge is 2.31. The lowest BCUT2D eigenvalue weighted by Gasteiger charge is -2.28. The highest BCUT2D eigenvalue weighted by molar-refractivity contribution is 5.71. The molecule has 0 aromatic heterocycles. The number of hydrogen-bond donors (Lipinski definition) is 2. The Morgan fingerprint density at radius 3 is 2.44 bits per heavy atom. The van der Waals surface area contributed by atoms with Crippen molar-refractivity contribution in [1.29, 1.82) is 0 Å². The fourth-order valence-corrected chi connectivity index (χ4v) is 2.57. The van der Waals surface area contributed by atoms with E-state index in [-0.39, 0.29) is 11.8 Å². The minimum absolute atomic E-state index is 0.159. The van der Waals surface area contributed by atoms with Crippen LogP contribution < -0.4 is 5.73 Å². The van der Waals surface area contributed by atoms with E-state index in [4.69, 9.17) is 5.73 Å². The molecule has 3 nitrogen and oxygen atoms in total. The van der Waals surface area contributed by atoms with Gasteiger partial charge in [-0.25, -0.2) is 0 Å². The Labute approximate surface area is 95.3 Å². The maximum absolute atomic E-state index is 11.2. The van der Waals surface area contributed by atoms with Crippen LogP contribution in [0.15, 0.2) is 24.3 Å². The normalized spacial score (nSPS) is 25.2. The van der Waals surface area contributed by atoms with E-state index in [9.17, 15) is 9.90 Å². The lowest BCUT2D eigenvalue weighted by atomic mass is 9.75. The summed E-state index contributed by atoms with van der Waals surface area (Å²) in [6.45, 7) is 0. The Kier molecular flexibility index (Phi) is 3.13. The van der Waals surface area contributed by atoms with E-state index in [1.807, 2.05) is 24.3 Å². The van der Waals surface area contributed by atoms with Crippen LogP contribution in [0, 0.1) is 5.92 Å². The van der Waals surface area contributed by atoms with Crippen molar-refractivity contribution in [1.82, 2.24) is 0 Å². The van der Waals surface area contributed by atoms with Crippen molar-refractivity contribution in [3.05, 3.63) is 29.8 Å². The summed E-state index contributed by atoms with van der Waals surface area (Å²) in [7, 11) is 0. The van der Waals surface area contributed by atoms with Crippen LogP contribution in [0.4, 0.5) is 5.69 Å². The zero-order valence-corrected chi connectivity index (χ0v) is 9.23. The molecule has 1 aliphatic carbocycles. The van der Waals surface area contributed by atoms with Gasteiger partial charge in [0.25, 0.3) is 0 Å². The first-order valence-corrected chi connectivity index (χ1v) is 5.76. The second kappa shape index (κ2) is 4.56. The van der Waals surface area contributed by atoms with E-state index >= 15 is 0 Å². The molecule has 2 atom stereocenters. The highest BCUT2D eigenvalue weighted by atomic mass is 16.4. The van der Waals surface area contributed by atoms with Gasteiger partial charge in [0.05, 0.1) is 5.92 Å². The van der Waals surface area contributed by atoms with Crippen LogP contribution in [0.25, 0.3) is 0 Å². The van der Waals surface area contributed by atoms with Crippen molar-refractivity contribution >= 4 is 11.7 Å². The van der Waals surface area contributed by atoms with E-state index in [0.717, 1.165) is 36.9 Å². The average Bonchev–Trinajstić information content (AvgIpc) is 2.30. The summed E-state index contributed by atoms with van der Waals surface area (Å²) < 4.78 is 0. The molecule has 2 rings (SSSR count). The van der Waals surface area contributed by atoms with Crippen molar-refractivity contribution in [2.45, 2.75) is 31.6 Å². The van der Waals surface area contributed by atoms with Crippen LogP contribution in [0.2, 0.25) is 0 Å². The average molecular weight is 219 g/mol. The van der Waals surface area contributed by atoms with Crippen LogP contribution in [-0.4, -0.2) is 11.1 Å². The van der Waals surface area contributed by atoms with Gasteiger partial charge in [-0.2, -0.15) is 0 Å². The van der Waals surface area contributed by atoms with Crippen LogP contribution >= 0.6 is 0 Å². The number of nitrogen functional groups attached to an aromatic ring is 1. The minimum atomic E-state index is -0.665. The SMILES string of the molecule is Nc1ccc(C2CCCCC2C(=O)O)cc1. The summed E-state index contributed by atoms with van der Waals surface area (Å²) >= 11 is 0. The highest BCUT2D eigenvalue weighted by Crippen LogP contribution is 2.38. The fraction of sp³-hybridized carbons (Fsp3) is 0.462. The van der Waals surface area contributed by atoms with Gasteiger partial charge in [-0.15, -0.1) is 0 Å². The maximum atomic E-state index is 11.2. The number of aliphatic carboxylic acids is 1. The lowest BCUT2D eigenvalue weighted by Crippen LogP contribution is -2.25. The van der Waals surface area contributed by atoms with Crippen molar-refractivity contribution < 1.29 is 9.90 Å². The van der Waals surface area contributed by atoms with E-state index in [1.54, 1.807) is 0 Å². The molecule has 16 heavy (non-hydrogen) atoms. The van der Waals surface area contributed by atoms with Gasteiger partial charge in [-0.05, 0) is 36.5 Å². The Morgan fingerprint density at radius 1 is 1.19 bits per heavy atom. The second-order valence-electron chi connectivity index (χ2n) is 4.50. The number of anilines is 1. The van der Waals surface area contributed by atoms with E-state index < -0.39 is 5.97 Å². The van der Waals surface area contributed by atoms with Crippen molar-refractivity contribution in [2.24, 2.45) is 5.92 Å². The first-order chi connectivity index (χ1) is 7.68. The first-order valence-electron chi connectivity index (χ1n) is 5.76. The molecule has 0 radical (unpaired) electrons. The number of carboxylic acid groups (broad SMARTS) is 1. The zero-order chi connectivity index (χ0) is 11.5. The Bertz CT molecular complexity index is 372. The van der Waals surface area contributed by atoms with Gasteiger partial charge >= 0.3 is 5.97 Å². The predicted octanol–water partition coefficient (Wildman–Crippen LogP) is 2.63. The van der Waals surface area contributed by atoms with Gasteiger partial charge < -0.3 is 10.8 Å². The molecule has 1 saturated carbocycles. The molecule has 0 bridgehead atoms. The quantitative estimate of drug-likeness (QED) is 0.751. The van der Waals surface area contributed by atoms with Gasteiger partial charge in [0.1, 0.15) is 0 Å². The number of hydrogen-bond acceptors (Lipinski definition) is 2.